The summed E-state index contributed by atoms with van der Waals surface area (Å²) in [6, 6.07) is 0.557. The minimum absolute atomic E-state index is 0.207. The first-order valence-electron chi connectivity index (χ1n) is 6.36. The number of alkyl halides is 1. The molecule has 0 aromatic heterocycles. The molecule has 2 heterocycles. The van der Waals surface area contributed by atoms with Gasteiger partial charge in [0.05, 0.1) is 0 Å². The van der Waals surface area contributed by atoms with Crippen molar-refractivity contribution in [2.75, 3.05) is 19.6 Å². The van der Waals surface area contributed by atoms with Crippen molar-refractivity contribution >= 4 is 0 Å². The zero-order valence-corrected chi connectivity index (χ0v) is 11.3. The second-order valence-corrected chi connectivity index (χ2v) is 7.00. The molecule has 3 heteroatoms. The highest BCUT2D eigenvalue weighted by Gasteiger charge is 2.47. The molecule has 1 atom stereocenters. The van der Waals surface area contributed by atoms with Gasteiger partial charge in [0.15, 0.2) is 0 Å². The van der Waals surface area contributed by atoms with Crippen molar-refractivity contribution < 1.29 is 4.39 Å². The van der Waals surface area contributed by atoms with Crippen LogP contribution >= 0.6 is 0 Å². The number of halogens is 1. The zero-order valence-electron chi connectivity index (χ0n) is 11.3. The number of rotatable bonds is 1. The monoisotopic (exact) mass is 228 g/mol. The number of likely N-dealkylation sites (tertiary alicyclic amines) is 2. The molecule has 0 aromatic rings. The topological polar surface area (TPSA) is 6.48 Å². The summed E-state index contributed by atoms with van der Waals surface area (Å²) in [7, 11) is 0. The molecule has 0 aliphatic carbocycles. The van der Waals surface area contributed by atoms with Crippen molar-refractivity contribution in [3.8, 4) is 0 Å². The van der Waals surface area contributed by atoms with Gasteiger partial charge in [-0.25, -0.2) is 4.39 Å². The minimum atomic E-state index is -0.577. The third-order valence-corrected chi connectivity index (χ3v) is 4.05. The molecule has 2 saturated heterocycles. The van der Waals surface area contributed by atoms with Crippen LogP contribution in [0.1, 0.15) is 41.0 Å². The summed E-state index contributed by atoms with van der Waals surface area (Å²) in [6.07, 6.45) is 0.587. The van der Waals surface area contributed by atoms with Gasteiger partial charge in [-0.1, -0.05) is 0 Å². The fourth-order valence-electron chi connectivity index (χ4n) is 3.39. The van der Waals surface area contributed by atoms with Crippen molar-refractivity contribution in [3.63, 3.8) is 0 Å². The average Bonchev–Trinajstić information content (AvgIpc) is 2.34. The maximum atomic E-state index is 12.9. The second kappa shape index (κ2) is 3.67. The third-order valence-electron chi connectivity index (χ3n) is 4.05. The van der Waals surface area contributed by atoms with Crippen LogP contribution in [-0.2, 0) is 0 Å². The number of hydrogen-bond donors (Lipinski definition) is 0. The molecule has 0 spiro atoms. The zero-order chi connectivity index (χ0) is 12.1. The first-order valence-corrected chi connectivity index (χ1v) is 6.36. The molecule has 0 amide bonds. The van der Waals surface area contributed by atoms with E-state index < -0.39 is 6.17 Å². The van der Waals surface area contributed by atoms with Gasteiger partial charge in [-0.15, -0.1) is 0 Å². The van der Waals surface area contributed by atoms with Crippen LogP contribution in [0.25, 0.3) is 0 Å². The predicted octanol–water partition coefficient (Wildman–Crippen LogP) is 2.29. The lowest BCUT2D eigenvalue weighted by Crippen LogP contribution is -2.55. The molecule has 94 valence electrons. The Hall–Kier alpha value is -0.150. The van der Waals surface area contributed by atoms with Gasteiger partial charge in [0, 0.05) is 36.8 Å². The molecular weight excluding hydrogens is 203 g/mol. The van der Waals surface area contributed by atoms with Gasteiger partial charge >= 0.3 is 0 Å². The fourth-order valence-corrected chi connectivity index (χ4v) is 3.39. The molecule has 0 radical (unpaired) electrons. The number of nitrogens with zero attached hydrogens (tertiary/aromatic N) is 2. The Morgan fingerprint density at radius 2 is 1.69 bits per heavy atom. The van der Waals surface area contributed by atoms with Crippen LogP contribution < -0.4 is 0 Å². The SMILES string of the molecule is CC(C)(C)N1CC(N2CC(F)C2)CC1(C)C. The maximum Gasteiger partial charge on any atom is 0.125 e. The van der Waals surface area contributed by atoms with E-state index in [0.29, 0.717) is 19.1 Å². The van der Waals surface area contributed by atoms with Crippen LogP contribution in [-0.4, -0.2) is 52.7 Å². The third kappa shape index (κ3) is 2.12. The second-order valence-electron chi connectivity index (χ2n) is 7.00. The van der Waals surface area contributed by atoms with Crippen LogP contribution in [0.3, 0.4) is 0 Å². The Kier molecular flexibility index (Phi) is 2.83. The molecule has 0 aromatic carbocycles. The van der Waals surface area contributed by atoms with Crippen molar-refractivity contribution in [1.82, 2.24) is 9.80 Å². The molecule has 16 heavy (non-hydrogen) atoms. The normalized spacial score (nSPS) is 33.0. The quantitative estimate of drug-likeness (QED) is 0.679. The van der Waals surface area contributed by atoms with Crippen LogP contribution in [0.5, 0.6) is 0 Å². The summed E-state index contributed by atoms with van der Waals surface area (Å²) in [5, 5.41) is 0. The van der Waals surface area contributed by atoms with Crippen molar-refractivity contribution in [2.24, 2.45) is 0 Å². The van der Waals surface area contributed by atoms with Gasteiger partial charge in [-0.05, 0) is 41.0 Å². The van der Waals surface area contributed by atoms with Crippen molar-refractivity contribution in [3.05, 3.63) is 0 Å². The van der Waals surface area contributed by atoms with Crippen LogP contribution in [0.15, 0.2) is 0 Å². The Labute approximate surface area is 98.8 Å². The highest BCUT2D eigenvalue weighted by molar-refractivity contribution is 5.03. The molecule has 0 bridgehead atoms. The Bertz CT molecular complexity index is 264. The summed E-state index contributed by atoms with van der Waals surface area (Å²) in [5.74, 6) is 0. The standard InChI is InChI=1S/C13H25FN2/c1-12(2,3)16-9-11(6-13(16,4)5)15-7-10(14)8-15/h10-11H,6-9H2,1-5H3. The Morgan fingerprint density at radius 3 is 2.06 bits per heavy atom. The van der Waals surface area contributed by atoms with Crippen molar-refractivity contribution in [2.45, 2.75) is 64.3 Å². The Morgan fingerprint density at radius 1 is 1.12 bits per heavy atom. The van der Waals surface area contributed by atoms with E-state index in [-0.39, 0.29) is 11.1 Å². The molecule has 2 aliphatic heterocycles. The highest BCUT2D eigenvalue weighted by atomic mass is 19.1. The summed E-state index contributed by atoms with van der Waals surface area (Å²) < 4.78 is 12.9. The fraction of sp³-hybridized carbons (Fsp3) is 1.00. The molecule has 2 fully saturated rings. The minimum Gasteiger partial charge on any atom is -0.293 e. The van der Waals surface area contributed by atoms with E-state index in [1.165, 1.54) is 0 Å². The van der Waals surface area contributed by atoms with Crippen molar-refractivity contribution in [1.29, 1.82) is 0 Å². The summed E-state index contributed by atoms with van der Waals surface area (Å²) in [6.45, 7) is 13.8. The summed E-state index contributed by atoms with van der Waals surface area (Å²) >= 11 is 0. The lowest BCUT2D eigenvalue weighted by Gasteiger charge is -2.42. The van der Waals surface area contributed by atoms with Gasteiger partial charge in [-0.2, -0.15) is 0 Å². The van der Waals surface area contributed by atoms with Crippen LogP contribution in [0.2, 0.25) is 0 Å². The predicted molar refractivity (Wildman–Crippen MR) is 65.4 cm³/mol. The van der Waals surface area contributed by atoms with E-state index in [4.69, 9.17) is 0 Å². The lowest BCUT2D eigenvalue weighted by atomic mass is 9.94. The summed E-state index contributed by atoms with van der Waals surface area (Å²) in [4.78, 5) is 4.87. The smallest absolute Gasteiger partial charge is 0.125 e. The average molecular weight is 228 g/mol. The molecule has 2 nitrogen and oxygen atoms in total. The Balaban J connectivity index is 2.03. The van der Waals surface area contributed by atoms with E-state index in [1.54, 1.807) is 0 Å². The maximum absolute atomic E-state index is 12.9. The molecule has 0 N–H and O–H groups in total. The summed E-state index contributed by atoms with van der Waals surface area (Å²) in [5.41, 5.74) is 0.447. The van der Waals surface area contributed by atoms with Gasteiger partial charge in [-0.3, -0.25) is 9.80 Å². The van der Waals surface area contributed by atoms with E-state index in [2.05, 4.69) is 44.4 Å². The van der Waals surface area contributed by atoms with E-state index >= 15 is 0 Å². The highest BCUT2D eigenvalue weighted by Crippen LogP contribution is 2.38. The molecule has 2 rings (SSSR count). The van der Waals surface area contributed by atoms with Gasteiger partial charge in [0.2, 0.25) is 0 Å². The molecule has 2 aliphatic rings. The van der Waals surface area contributed by atoms with Gasteiger partial charge in [0.1, 0.15) is 6.17 Å². The molecule has 1 unspecified atom stereocenters. The largest absolute Gasteiger partial charge is 0.293 e. The van der Waals surface area contributed by atoms with E-state index in [1.807, 2.05) is 0 Å². The van der Waals surface area contributed by atoms with E-state index in [9.17, 15) is 4.39 Å². The van der Waals surface area contributed by atoms with Crippen LogP contribution in [0, 0.1) is 0 Å². The van der Waals surface area contributed by atoms with Gasteiger partial charge < -0.3 is 0 Å². The molecule has 0 saturated carbocycles. The van der Waals surface area contributed by atoms with Gasteiger partial charge in [0.25, 0.3) is 0 Å². The van der Waals surface area contributed by atoms with Crippen LogP contribution in [0.4, 0.5) is 4.39 Å². The first kappa shape index (κ1) is 12.3. The lowest BCUT2D eigenvalue weighted by molar-refractivity contribution is 0.0249. The number of hydrogen-bond acceptors (Lipinski definition) is 2. The molecular formula is C13H25FN2. The van der Waals surface area contributed by atoms with E-state index in [0.717, 1.165) is 13.0 Å². The first-order chi connectivity index (χ1) is 7.20.